The van der Waals surface area contributed by atoms with Gasteiger partial charge in [-0.1, -0.05) is 6.92 Å². The lowest BCUT2D eigenvalue weighted by Gasteiger charge is -2.18. The molecular formula is C13H23NO4. The summed E-state index contributed by atoms with van der Waals surface area (Å²) < 4.78 is 4.91. The van der Waals surface area contributed by atoms with Gasteiger partial charge in [0.25, 0.3) is 0 Å². The lowest BCUT2D eigenvalue weighted by molar-refractivity contribution is -0.147. The van der Waals surface area contributed by atoms with E-state index < -0.39 is 12.0 Å². The summed E-state index contributed by atoms with van der Waals surface area (Å²) >= 11 is 0. The van der Waals surface area contributed by atoms with Crippen LogP contribution in [0, 0.1) is 5.92 Å². The smallest absolute Gasteiger partial charge is 0.328 e. The summed E-state index contributed by atoms with van der Waals surface area (Å²) in [5.41, 5.74) is 0. The van der Waals surface area contributed by atoms with Gasteiger partial charge in [-0.25, -0.2) is 4.79 Å². The zero-order valence-corrected chi connectivity index (χ0v) is 11.4. The van der Waals surface area contributed by atoms with Gasteiger partial charge in [0.1, 0.15) is 12.3 Å². The zero-order chi connectivity index (χ0) is 14.0. The lowest BCUT2D eigenvalue weighted by Crippen LogP contribution is -2.41. The van der Waals surface area contributed by atoms with Crippen LogP contribution in [0.4, 0.5) is 0 Å². The fourth-order valence-corrected chi connectivity index (χ4v) is 1.69. The molecule has 0 unspecified atom stereocenters. The average Bonchev–Trinajstić information content (AvgIpc) is 2.31. The third kappa shape index (κ3) is 7.81. The van der Waals surface area contributed by atoms with Crippen LogP contribution in [0.5, 0.6) is 0 Å². The van der Waals surface area contributed by atoms with Gasteiger partial charge in [0.05, 0.1) is 6.61 Å². The maximum absolute atomic E-state index is 11.6. The summed E-state index contributed by atoms with van der Waals surface area (Å²) in [7, 11) is 0. The van der Waals surface area contributed by atoms with E-state index in [1.165, 1.54) is 6.92 Å². The molecule has 0 fully saturated rings. The van der Waals surface area contributed by atoms with E-state index in [4.69, 9.17) is 4.74 Å². The molecule has 104 valence electrons. The number of aldehydes is 1. The molecule has 0 aromatic carbocycles. The van der Waals surface area contributed by atoms with E-state index in [1.54, 1.807) is 6.92 Å². The summed E-state index contributed by atoms with van der Waals surface area (Å²) in [5.74, 6) is -0.287. The maximum Gasteiger partial charge on any atom is 0.328 e. The van der Waals surface area contributed by atoms with Crippen LogP contribution in [0.15, 0.2) is 0 Å². The van der Waals surface area contributed by atoms with Crippen molar-refractivity contribution in [1.29, 1.82) is 0 Å². The van der Waals surface area contributed by atoms with Crippen LogP contribution in [-0.2, 0) is 19.1 Å². The van der Waals surface area contributed by atoms with E-state index in [0.717, 1.165) is 19.1 Å². The highest BCUT2D eigenvalue weighted by molar-refractivity contribution is 5.83. The maximum atomic E-state index is 11.6. The number of hydrogen-bond donors (Lipinski definition) is 1. The summed E-state index contributed by atoms with van der Waals surface area (Å²) in [6.45, 7) is 5.44. The van der Waals surface area contributed by atoms with Crippen LogP contribution in [0.25, 0.3) is 0 Å². The van der Waals surface area contributed by atoms with Crippen LogP contribution in [0.2, 0.25) is 0 Å². The molecule has 0 aromatic heterocycles. The van der Waals surface area contributed by atoms with Crippen molar-refractivity contribution in [3.63, 3.8) is 0 Å². The largest absolute Gasteiger partial charge is 0.464 e. The molecule has 0 aromatic rings. The zero-order valence-electron chi connectivity index (χ0n) is 11.4. The average molecular weight is 257 g/mol. The van der Waals surface area contributed by atoms with Gasteiger partial charge >= 0.3 is 5.97 Å². The number of hydrogen-bond acceptors (Lipinski definition) is 4. The molecule has 0 rings (SSSR count). The first-order valence-corrected chi connectivity index (χ1v) is 6.38. The number of rotatable bonds is 9. The third-order valence-electron chi connectivity index (χ3n) is 2.67. The molecule has 0 bridgehead atoms. The van der Waals surface area contributed by atoms with Crippen LogP contribution in [0.1, 0.15) is 46.5 Å². The third-order valence-corrected chi connectivity index (χ3v) is 2.67. The molecular weight excluding hydrogens is 234 g/mol. The second-order valence-corrected chi connectivity index (χ2v) is 4.43. The van der Waals surface area contributed by atoms with Crippen LogP contribution in [-0.4, -0.2) is 30.8 Å². The van der Waals surface area contributed by atoms with Crippen molar-refractivity contribution in [3.05, 3.63) is 0 Å². The Balaban J connectivity index is 4.18. The first-order valence-electron chi connectivity index (χ1n) is 6.38. The Morgan fingerprint density at radius 1 is 1.28 bits per heavy atom. The van der Waals surface area contributed by atoms with Gasteiger partial charge in [-0.15, -0.1) is 0 Å². The van der Waals surface area contributed by atoms with E-state index in [2.05, 4.69) is 5.32 Å². The Hall–Kier alpha value is -1.39. The minimum atomic E-state index is -0.582. The highest BCUT2D eigenvalue weighted by atomic mass is 16.5. The van der Waals surface area contributed by atoms with Crippen LogP contribution >= 0.6 is 0 Å². The Bertz CT molecular complexity index is 278. The predicted molar refractivity (Wildman–Crippen MR) is 67.9 cm³/mol. The topological polar surface area (TPSA) is 72.5 Å². The quantitative estimate of drug-likeness (QED) is 0.501. The van der Waals surface area contributed by atoms with E-state index >= 15 is 0 Å². The number of nitrogens with one attached hydrogen (secondary N) is 1. The molecule has 0 aliphatic carbocycles. The minimum absolute atomic E-state index is 0.242. The van der Waals surface area contributed by atoms with Crippen molar-refractivity contribution in [2.45, 2.75) is 52.5 Å². The molecule has 2 atom stereocenters. The molecule has 0 radical (unpaired) electrons. The number of amides is 1. The van der Waals surface area contributed by atoms with Crippen molar-refractivity contribution >= 4 is 18.2 Å². The highest BCUT2D eigenvalue weighted by Crippen LogP contribution is 2.14. The van der Waals surface area contributed by atoms with E-state index in [-0.39, 0.29) is 5.91 Å². The molecule has 5 heteroatoms. The molecule has 1 N–H and O–H groups in total. The Morgan fingerprint density at radius 2 is 1.94 bits per heavy atom. The van der Waals surface area contributed by atoms with Crippen LogP contribution in [0.3, 0.4) is 0 Å². The second-order valence-electron chi connectivity index (χ2n) is 4.43. The lowest BCUT2D eigenvalue weighted by atomic mass is 9.97. The molecule has 0 spiro atoms. The second kappa shape index (κ2) is 9.62. The van der Waals surface area contributed by atoms with Crippen molar-refractivity contribution in [2.24, 2.45) is 5.92 Å². The van der Waals surface area contributed by atoms with Crippen molar-refractivity contribution in [2.75, 3.05) is 6.61 Å². The Labute approximate surface area is 108 Å². The summed E-state index contributed by atoms with van der Waals surface area (Å²) in [6, 6.07) is -0.582. The van der Waals surface area contributed by atoms with Gasteiger partial charge in [-0.3, -0.25) is 4.79 Å². The molecule has 0 saturated heterocycles. The number of carbonyl (C=O) groups is 3. The first kappa shape index (κ1) is 16.6. The molecule has 0 aliphatic rings. The summed E-state index contributed by atoms with van der Waals surface area (Å²) in [6.07, 6.45) is 3.55. The van der Waals surface area contributed by atoms with E-state index in [9.17, 15) is 14.4 Å². The first-order chi connectivity index (χ1) is 8.51. The molecule has 0 saturated carbocycles. The monoisotopic (exact) mass is 257 g/mol. The Morgan fingerprint density at radius 3 is 2.44 bits per heavy atom. The normalized spacial score (nSPS) is 13.5. The molecule has 18 heavy (non-hydrogen) atoms. The van der Waals surface area contributed by atoms with E-state index in [1.807, 2.05) is 6.92 Å². The fraction of sp³-hybridized carbons (Fsp3) is 0.769. The summed E-state index contributed by atoms with van der Waals surface area (Å²) in [5, 5.41) is 2.59. The van der Waals surface area contributed by atoms with Gasteiger partial charge in [-0.2, -0.15) is 0 Å². The van der Waals surface area contributed by atoms with Crippen molar-refractivity contribution in [3.8, 4) is 0 Å². The number of ether oxygens (including phenoxy) is 1. The standard InChI is InChI=1S/C13H23NO4/c1-4-18-13(17)12(14-11(3)16)8-7-10(2)6-5-9-15/h9-10,12H,4-8H2,1-3H3,(H,14,16)/t10-,12-/m1/s1. The molecule has 0 heterocycles. The minimum Gasteiger partial charge on any atom is -0.464 e. The van der Waals surface area contributed by atoms with E-state index in [0.29, 0.717) is 25.4 Å². The number of esters is 1. The SMILES string of the molecule is CCOC(=O)[C@@H](CC[C@H](C)CCC=O)NC(C)=O. The molecule has 1 amide bonds. The highest BCUT2D eigenvalue weighted by Gasteiger charge is 2.21. The van der Waals surface area contributed by atoms with Crippen LogP contribution < -0.4 is 5.32 Å². The molecule has 5 nitrogen and oxygen atoms in total. The van der Waals surface area contributed by atoms with Gasteiger partial charge in [0.2, 0.25) is 5.91 Å². The van der Waals surface area contributed by atoms with Gasteiger partial charge in [0, 0.05) is 13.3 Å². The Kier molecular flexibility index (Phi) is 8.88. The fourth-order valence-electron chi connectivity index (χ4n) is 1.69. The predicted octanol–water partition coefficient (Wildman–Crippen LogP) is 1.45. The summed E-state index contributed by atoms with van der Waals surface area (Å²) in [4.78, 5) is 32.9. The van der Waals surface area contributed by atoms with Crippen molar-refractivity contribution in [1.82, 2.24) is 5.32 Å². The van der Waals surface area contributed by atoms with Gasteiger partial charge in [-0.05, 0) is 32.1 Å². The molecule has 0 aliphatic heterocycles. The number of carbonyl (C=O) groups excluding carboxylic acids is 3. The van der Waals surface area contributed by atoms with Gasteiger partial charge < -0.3 is 14.8 Å². The van der Waals surface area contributed by atoms with Crippen molar-refractivity contribution < 1.29 is 19.1 Å². The van der Waals surface area contributed by atoms with Gasteiger partial charge in [0.15, 0.2) is 0 Å².